The third-order valence-electron chi connectivity index (χ3n) is 6.44. The van der Waals surface area contributed by atoms with E-state index in [1.165, 1.54) is 24.8 Å². The van der Waals surface area contributed by atoms with Crippen LogP contribution < -0.4 is 5.46 Å². The first-order chi connectivity index (χ1) is 12.3. The van der Waals surface area contributed by atoms with E-state index < -0.39 is 0 Å². The standard InChI is InChI=1S/C20H28BN3O2/c1-19(2)20(3,4)26-21(25-19)16-11-7-10-15(12-16)17(14-8-6-9-14)18-23-22-13-24(18)5/h7,10-14,17H,6,8-9H2,1-5H3. The molecule has 0 bridgehead atoms. The highest BCUT2D eigenvalue weighted by Crippen LogP contribution is 2.42. The SMILES string of the molecule is Cn1cnnc1C(c1cccc(B2OC(C)(C)C(C)(C)O2)c1)C1CCC1. The van der Waals surface area contributed by atoms with Gasteiger partial charge in [0.25, 0.3) is 0 Å². The summed E-state index contributed by atoms with van der Waals surface area (Å²) in [5.74, 6) is 1.95. The summed E-state index contributed by atoms with van der Waals surface area (Å²) in [6, 6.07) is 8.64. The van der Waals surface area contributed by atoms with Gasteiger partial charge in [-0.05, 0) is 57.5 Å². The number of aryl methyl sites for hydroxylation is 1. The van der Waals surface area contributed by atoms with E-state index in [1.54, 1.807) is 6.33 Å². The Bertz CT molecular complexity index is 782. The molecule has 2 aromatic rings. The van der Waals surface area contributed by atoms with Gasteiger partial charge < -0.3 is 13.9 Å². The van der Waals surface area contributed by atoms with Gasteiger partial charge in [-0.2, -0.15) is 0 Å². The molecule has 5 nitrogen and oxygen atoms in total. The summed E-state index contributed by atoms with van der Waals surface area (Å²) >= 11 is 0. The Morgan fingerprint density at radius 1 is 1.15 bits per heavy atom. The summed E-state index contributed by atoms with van der Waals surface area (Å²) < 4.78 is 14.5. The topological polar surface area (TPSA) is 49.2 Å². The molecule has 0 radical (unpaired) electrons. The molecule has 1 saturated carbocycles. The molecule has 2 fully saturated rings. The lowest BCUT2D eigenvalue weighted by Crippen LogP contribution is -2.41. The zero-order valence-corrected chi connectivity index (χ0v) is 16.4. The van der Waals surface area contributed by atoms with Crippen molar-refractivity contribution < 1.29 is 9.31 Å². The largest absolute Gasteiger partial charge is 0.494 e. The molecule has 1 aliphatic heterocycles. The zero-order valence-electron chi connectivity index (χ0n) is 16.4. The van der Waals surface area contributed by atoms with Crippen LogP contribution in [0, 0.1) is 5.92 Å². The zero-order chi connectivity index (χ0) is 18.5. The second kappa shape index (κ2) is 6.20. The van der Waals surface area contributed by atoms with Crippen molar-refractivity contribution in [3.63, 3.8) is 0 Å². The molecule has 0 spiro atoms. The Labute approximate surface area is 156 Å². The van der Waals surface area contributed by atoms with Crippen LogP contribution in [0.25, 0.3) is 0 Å². The normalized spacial score (nSPS) is 23.0. The van der Waals surface area contributed by atoms with Crippen LogP contribution in [0.3, 0.4) is 0 Å². The van der Waals surface area contributed by atoms with E-state index in [1.807, 2.05) is 11.6 Å². The summed E-state index contributed by atoms with van der Waals surface area (Å²) in [6.45, 7) is 8.36. The quantitative estimate of drug-likeness (QED) is 0.793. The Kier molecular flexibility index (Phi) is 4.23. The van der Waals surface area contributed by atoms with Gasteiger partial charge in [-0.15, -0.1) is 10.2 Å². The van der Waals surface area contributed by atoms with Crippen LogP contribution in [-0.4, -0.2) is 33.1 Å². The lowest BCUT2D eigenvalue weighted by molar-refractivity contribution is 0.00578. The first-order valence-corrected chi connectivity index (χ1v) is 9.58. The highest BCUT2D eigenvalue weighted by atomic mass is 16.7. The van der Waals surface area contributed by atoms with Crippen molar-refractivity contribution in [3.05, 3.63) is 42.0 Å². The first-order valence-electron chi connectivity index (χ1n) is 9.58. The highest BCUT2D eigenvalue weighted by molar-refractivity contribution is 6.62. The fourth-order valence-corrected chi connectivity index (χ4v) is 3.86. The van der Waals surface area contributed by atoms with E-state index in [2.05, 4.69) is 62.2 Å². The minimum atomic E-state index is -0.332. The van der Waals surface area contributed by atoms with Gasteiger partial charge in [0.15, 0.2) is 0 Å². The van der Waals surface area contributed by atoms with Crippen LogP contribution >= 0.6 is 0 Å². The monoisotopic (exact) mass is 353 g/mol. The van der Waals surface area contributed by atoms with Crippen LogP contribution in [0.1, 0.15) is 64.3 Å². The fourth-order valence-electron chi connectivity index (χ4n) is 3.86. The number of rotatable bonds is 4. The number of nitrogens with zero attached hydrogens (tertiary/aromatic N) is 3. The maximum Gasteiger partial charge on any atom is 0.494 e. The van der Waals surface area contributed by atoms with E-state index in [0.717, 1.165) is 11.3 Å². The summed E-state index contributed by atoms with van der Waals surface area (Å²) in [5.41, 5.74) is 1.69. The number of aromatic nitrogens is 3. The van der Waals surface area contributed by atoms with Crippen molar-refractivity contribution in [1.82, 2.24) is 14.8 Å². The lowest BCUT2D eigenvalue weighted by atomic mass is 9.70. The van der Waals surface area contributed by atoms with Crippen molar-refractivity contribution in [1.29, 1.82) is 0 Å². The van der Waals surface area contributed by atoms with Gasteiger partial charge in [-0.25, -0.2) is 0 Å². The van der Waals surface area contributed by atoms with Crippen molar-refractivity contribution in [2.75, 3.05) is 0 Å². The van der Waals surface area contributed by atoms with E-state index in [0.29, 0.717) is 5.92 Å². The molecular formula is C20H28BN3O2. The molecule has 1 atom stereocenters. The number of hydrogen-bond donors (Lipinski definition) is 0. The van der Waals surface area contributed by atoms with Gasteiger partial charge in [-0.3, -0.25) is 0 Å². The molecule has 4 rings (SSSR count). The summed E-state index contributed by atoms with van der Waals surface area (Å²) in [5, 5.41) is 8.53. The molecule has 1 unspecified atom stereocenters. The molecule has 1 saturated heterocycles. The van der Waals surface area contributed by atoms with Crippen LogP contribution in [0.15, 0.2) is 30.6 Å². The Morgan fingerprint density at radius 3 is 2.38 bits per heavy atom. The Balaban J connectivity index is 1.68. The van der Waals surface area contributed by atoms with E-state index in [4.69, 9.17) is 9.31 Å². The van der Waals surface area contributed by atoms with Gasteiger partial charge in [0.2, 0.25) is 0 Å². The van der Waals surface area contributed by atoms with Gasteiger partial charge in [0.05, 0.1) is 11.2 Å². The first kappa shape index (κ1) is 17.7. The summed E-state index contributed by atoms with van der Waals surface area (Å²) in [4.78, 5) is 0. The Hall–Kier alpha value is -1.66. The van der Waals surface area contributed by atoms with Crippen LogP contribution in [-0.2, 0) is 16.4 Å². The third kappa shape index (κ3) is 2.89. The fraction of sp³-hybridized carbons (Fsp3) is 0.600. The minimum Gasteiger partial charge on any atom is -0.399 e. The second-order valence-electron chi connectivity index (χ2n) is 8.73. The molecular weight excluding hydrogens is 325 g/mol. The van der Waals surface area contributed by atoms with Crippen molar-refractivity contribution >= 4 is 12.6 Å². The van der Waals surface area contributed by atoms with Crippen molar-refractivity contribution in [2.45, 2.75) is 64.1 Å². The Morgan fingerprint density at radius 2 is 1.85 bits per heavy atom. The molecule has 138 valence electrons. The van der Waals surface area contributed by atoms with Gasteiger partial charge in [0, 0.05) is 13.0 Å². The van der Waals surface area contributed by atoms with Gasteiger partial charge >= 0.3 is 7.12 Å². The molecule has 2 heterocycles. The van der Waals surface area contributed by atoms with Crippen LogP contribution in [0.5, 0.6) is 0 Å². The highest BCUT2D eigenvalue weighted by Gasteiger charge is 2.51. The maximum atomic E-state index is 6.24. The minimum absolute atomic E-state index is 0.277. The third-order valence-corrected chi connectivity index (χ3v) is 6.44. The van der Waals surface area contributed by atoms with Crippen molar-refractivity contribution in [3.8, 4) is 0 Å². The number of benzene rings is 1. The van der Waals surface area contributed by atoms with Gasteiger partial charge in [0.1, 0.15) is 12.2 Å². The molecule has 26 heavy (non-hydrogen) atoms. The molecule has 2 aliphatic rings. The number of hydrogen-bond acceptors (Lipinski definition) is 4. The average molecular weight is 353 g/mol. The molecule has 1 aromatic carbocycles. The van der Waals surface area contributed by atoms with E-state index >= 15 is 0 Å². The average Bonchev–Trinajstić information content (AvgIpc) is 3.04. The van der Waals surface area contributed by atoms with E-state index in [-0.39, 0.29) is 24.2 Å². The van der Waals surface area contributed by atoms with Gasteiger partial charge in [-0.1, -0.05) is 30.7 Å². The molecule has 1 aliphatic carbocycles. The molecule has 0 N–H and O–H groups in total. The summed E-state index contributed by atoms with van der Waals surface area (Å²) in [6.07, 6.45) is 5.59. The predicted octanol–water partition coefficient (Wildman–Crippen LogP) is 3.05. The molecule has 6 heteroatoms. The van der Waals surface area contributed by atoms with Crippen LogP contribution in [0.4, 0.5) is 0 Å². The molecule has 0 amide bonds. The molecule has 1 aromatic heterocycles. The second-order valence-corrected chi connectivity index (χ2v) is 8.73. The van der Waals surface area contributed by atoms with Crippen molar-refractivity contribution in [2.24, 2.45) is 13.0 Å². The maximum absolute atomic E-state index is 6.24. The lowest BCUT2D eigenvalue weighted by Gasteiger charge is -2.33. The van der Waals surface area contributed by atoms with Crippen LogP contribution in [0.2, 0.25) is 0 Å². The summed E-state index contributed by atoms with van der Waals surface area (Å²) in [7, 11) is 1.69. The smallest absolute Gasteiger partial charge is 0.399 e. The van der Waals surface area contributed by atoms with E-state index in [9.17, 15) is 0 Å². The predicted molar refractivity (Wildman–Crippen MR) is 102 cm³/mol.